The Balaban J connectivity index is 2.39. The van der Waals surface area contributed by atoms with Crippen LogP contribution in [0.3, 0.4) is 0 Å². The SMILES string of the molecule is NS(=O)(=O)C1c2ccccc2-c2ccc(F)cc21. The van der Waals surface area contributed by atoms with E-state index in [0.29, 0.717) is 11.1 Å². The number of hydrogen-bond donors (Lipinski definition) is 1. The number of nitrogens with two attached hydrogens (primary N) is 1. The minimum Gasteiger partial charge on any atom is -0.228 e. The average molecular weight is 263 g/mol. The molecular formula is C13H10FNO2S. The van der Waals surface area contributed by atoms with E-state index < -0.39 is 21.1 Å². The Labute approximate surface area is 104 Å². The third-order valence-electron chi connectivity index (χ3n) is 3.16. The van der Waals surface area contributed by atoms with Gasteiger partial charge in [0.25, 0.3) is 0 Å². The summed E-state index contributed by atoms with van der Waals surface area (Å²) in [4.78, 5) is 0. The number of halogens is 1. The van der Waals surface area contributed by atoms with Gasteiger partial charge in [-0.3, -0.25) is 0 Å². The highest BCUT2D eigenvalue weighted by Gasteiger charge is 2.36. The van der Waals surface area contributed by atoms with Crippen molar-refractivity contribution in [2.45, 2.75) is 5.25 Å². The molecule has 0 aromatic heterocycles. The number of hydrogen-bond acceptors (Lipinski definition) is 2. The molecule has 92 valence electrons. The van der Waals surface area contributed by atoms with Gasteiger partial charge < -0.3 is 0 Å². The van der Waals surface area contributed by atoms with Crippen LogP contribution in [0.2, 0.25) is 0 Å². The van der Waals surface area contributed by atoms with E-state index in [4.69, 9.17) is 5.14 Å². The van der Waals surface area contributed by atoms with Crippen molar-refractivity contribution in [3.05, 3.63) is 59.4 Å². The van der Waals surface area contributed by atoms with Gasteiger partial charge >= 0.3 is 0 Å². The smallest absolute Gasteiger partial charge is 0.220 e. The quantitative estimate of drug-likeness (QED) is 0.857. The molecule has 18 heavy (non-hydrogen) atoms. The van der Waals surface area contributed by atoms with Gasteiger partial charge in [-0.15, -0.1) is 0 Å². The zero-order valence-corrected chi connectivity index (χ0v) is 10.1. The van der Waals surface area contributed by atoms with E-state index in [1.165, 1.54) is 12.1 Å². The van der Waals surface area contributed by atoms with Crippen molar-refractivity contribution in [1.29, 1.82) is 0 Å². The maximum absolute atomic E-state index is 13.3. The van der Waals surface area contributed by atoms with Gasteiger partial charge in [0.15, 0.2) is 0 Å². The number of primary sulfonamides is 1. The van der Waals surface area contributed by atoms with Crippen molar-refractivity contribution in [1.82, 2.24) is 0 Å². The highest BCUT2D eigenvalue weighted by atomic mass is 32.2. The maximum Gasteiger partial charge on any atom is 0.220 e. The Bertz CT molecular complexity index is 740. The van der Waals surface area contributed by atoms with E-state index in [9.17, 15) is 12.8 Å². The third-order valence-corrected chi connectivity index (χ3v) is 4.32. The average Bonchev–Trinajstić information content (AvgIpc) is 2.61. The number of fused-ring (bicyclic) bond motifs is 3. The molecule has 0 bridgehead atoms. The van der Waals surface area contributed by atoms with Gasteiger partial charge in [0.05, 0.1) is 0 Å². The van der Waals surface area contributed by atoms with Crippen molar-refractivity contribution < 1.29 is 12.8 Å². The lowest BCUT2D eigenvalue weighted by molar-refractivity contribution is 0.591. The minimum atomic E-state index is -3.81. The summed E-state index contributed by atoms with van der Waals surface area (Å²) in [6, 6.07) is 11.2. The molecule has 0 amide bonds. The molecule has 5 heteroatoms. The summed E-state index contributed by atoms with van der Waals surface area (Å²) in [6.07, 6.45) is 0. The summed E-state index contributed by atoms with van der Waals surface area (Å²) >= 11 is 0. The predicted molar refractivity (Wildman–Crippen MR) is 66.8 cm³/mol. The Morgan fingerprint density at radius 2 is 1.67 bits per heavy atom. The van der Waals surface area contributed by atoms with E-state index in [-0.39, 0.29) is 0 Å². The molecule has 0 fully saturated rings. The molecule has 2 aromatic rings. The molecule has 0 saturated heterocycles. The molecule has 0 saturated carbocycles. The highest BCUT2D eigenvalue weighted by molar-refractivity contribution is 7.89. The second-order valence-electron chi connectivity index (χ2n) is 4.29. The number of sulfonamides is 1. The van der Waals surface area contributed by atoms with Gasteiger partial charge in [-0.1, -0.05) is 30.3 Å². The van der Waals surface area contributed by atoms with Crippen molar-refractivity contribution in [3.63, 3.8) is 0 Å². The molecule has 0 heterocycles. The van der Waals surface area contributed by atoms with Crippen LogP contribution in [0, 0.1) is 5.82 Å². The molecular weight excluding hydrogens is 253 g/mol. The molecule has 1 atom stereocenters. The number of rotatable bonds is 1. The van der Waals surface area contributed by atoms with Gasteiger partial charge in [-0.05, 0) is 34.4 Å². The van der Waals surface area contributed by atoms with E-state index >= 15 is 0 Å². The summed E-state index contributed by atoms with van der Waals surface area (Å²) < 4.78 is 36.8. The summed E-state index contributed by atoms with van der Waals surface area (Å²) in [5.41, 5.74) is 2.55. The van der Waals surface area contributed by atoms with Crippen LogP contribution in [0.5, 0.6) is 0 Å². The first kappa shape index (κ1) is 11.4. The Hall–Kier alpha value is -1.72. The third kappa shape index (κ3) is 1.55. The molecule has 2 N–H and O–H groups in total. The van der Waals surface area contributed by atoms with Gasteiger partial charge in [0, 0.05) is 0 Å². The molecule has 1 unspecified atom stereocenters. The van der Waals surface area contributed by atoms with Crippen molar-refractivity contribution in [3.8, 4) is 11.1 Å². The van der Waals surface area contributed by atoms with E-state index in [2.05, 4.69) is 0 Å². The van der Waals surface area contributed by atoms with Gasteiger partial charge in [-0.25, -0.2) is 17.9 Å². The fraction of sp³-hybridized carbons (Fsp3) is 0.0769. The second-order valence-corrected chi connectivity index (χ2v) is 5.94. The van der Waals surface area contributed by atoms with Crippen LogP contribution in [-0.4, -0.2) is 8.42 Å². The summed E-state index contributed by atoms with van der Waals surface area (Å²) in [6.45, 7) is 0. The normalized spacial score (nSPS) is 17.3. The summed E-state index contributed by atoms with van der Waals surface area (Å²) in [7, 11) is -3.81. The van der Waals surface area contributed by atoms with E-state index in [0.717, 1.165) is 11.1 Å². The fourth-order valence-electron chi connectivity index (χ4n) is 2.49. The Morgan fingerprint density at radius 1 is 1.00 bits per heavy atom. The first-order valence-electron chi connectivity index (χ1n) is 5.39. The lowest BCUT2D eigenvalue weighted by Crippen LogP contribution is -2.21. The zero-order valence-electron chi connectivity index (χ0n) is 9.30. The molecule has 0 spiro atoms. The molecule has 3 rings (SSSR count). The van der Waals surface area contributed by atoms with Crippen LogP contribution in [0.1, 0.15) is 16.4 Å². The maximum atomic E-state index is 13.3. The van der Waals surface area contributed by atoms with Gasteiger partial charge in [0.1, 0.15) is 11.1 Å². The lowest BCUT2D eigenvalue weighted by atomic mass is 10.1. The van der Waals surface area contributed by atoms with Crippen LogP contribution in [0.15, 0.2) is 42.5 Å². The topological polar surface area (TPSA) is 60.2 Å². The Kier molecular flexibility index (Phi) is 2.30. The summed E-state index contributed by atoms with van der Waals surface area (Å²) in [5.74, 6) is -0.463. The van der Waals surface area contributed by atoms with Gasteiger partial charge in [-0.2, -0.15) is 0 Å². The van der Waals surface area contributed by atoms with Crippen LogP contribution in [0.4, 0.5) is 4.39 Å². The molecule has 1 aliphatic rings. The first-order valence-corrected chi connectivity index (χ1v) is 7.00. The molecule has 0 radical (unpaired) electrons. The molecule has 1 aliphatic carbocycles. The van der Waals surface area contributed by atoms with Gasteiger partial charge in [0.2, 0.25) is 10.0 Å². The van der Waals surface area contributed by atoms with Crippen molar-refractivity contribution in [2.75, 3.05) is 0 Å². The van der Waals surface area contributed by atoms with Crippen molar-refractivity contribution >= 4 is 10.0 Å². The van der Waals surface area contributed by atoms with Crippen LogP contribution in [-0.2, 0) is 10.0 Å². The lowest BCUT2D eigenvalue weighted by Gasteiger charge is -2.10. The minimum absolute atomic E-state index is 0.415. The van der Waals surface area contributed by atoms with Crippen LogP contribution < -0.4 is 5.14 Å². The molecule has 3 nitrogen and oxygen atoms in total. The predicted octanol–water partition coefficient (Wildman–Crippen LogP) is 2.18. The largest absolute Gasteiger partial charge is 0.228 e. The summed E-state index contributed by atoms with van der Waals surface area (Å²) in [5, 5.41) is 4.30. The number of benzene rings is 2. The first-order chi connectivity index (χ1) is 8.48. The zero-order chi connectivity index (χ0) is 12.9. The van der Waals surface area contributed by atoms with Crippen molar-refractivity contribution in [2.24, 2.45) is 5.14 Å². The molecule has 2 aromatic carbocycles. The van der Waals surface area contributed by atoms with E-state index in [1.807, 2.05) is 12.1 Å². The monoisotopic (exact) mass is 263 g/mol. The van der Waals surface area contributed by atoms with Crippen LogP contribution >= 0.6 is 0 Å². The van der Waals surface area contributed by atoms with E-state index in [1.54, 1.807) is 18.2 Å². The molecule has 0 aliphatic heterocycles. The van der Waals surface area contributed by atoms with Crippen LogP contribution in [0.25, 0.3) is 11.1 Å². The highest BCUT2D eigenvalue weighted by Crippen LogP contribution is 2.46. The second kappa shape index (κ2) is 3.63. The Morgan fingerprint density at radius 3 is 2.39 bits per heavy atom. The fourth-order valence-corrected chi connectivity index (χ4v) is 3.60. The standard InChI is InChI=1S/C13H10FNO2S/c14-8-5-6-10-9-3-1-2-4-11(9)13(12(10)7-8)18(15,16)17/h1-7,13H,(H2,15,16,17).